The van der Waals surface area contributed by atoms with Crippen LogP contribution in [0.3, 0.4) is 0 Å². The Morgan fingerprint density at radius 2 is 2.38 bits per heavy atom. The van der Waals surface area contributed by atoms with Gasteiger partial charge in [0.15, 0.2) is 0 Å². The van der Waals surface area contributed by atoms with Crippen molar-refractivity contribution in [3.8, 4) is 0 Å². The Balaban J connectivity index is 1.92. The molecule has 2 atom stereocenters. The number of amides is 1. The Labute approximate surface area is 92.5 Å². The molecule has 0 saturated heterocycles. The molecule has 2 unspecified atom stereocenters. The minimum atomic E-state index is 0.351. The van der Waals surface area contributed by atoms with Crippen LogP contribution in [0.5, 0.6) is 0 Å². The predicted molar refractivity (Wildman–Crippen MR) is 60.6 cm³/mol. The van der Waals surface area contributed by atoms with Gasteiger partial charge in [-0.1, -0.05) is 13.0 Å². The van der Waals surface area contributed by atoms with Crippen LogP contribution in [-0.2, 0) is 4.79 Å². The fraction of sp³-hybridized carbons (Fsp3) is 0.700. The van der Waals surface area contributed by atoms with E-state index in [2.05, 4.69) is 35.6 Å². The first kappa shape index (κ1) is 9.49. The molecule has 1 fully saturated rings. The zero-order valence-corrected chi connectivity index (χ0v) is 9.95. The normalized spacial score (nSPS) is 32.8. The van der Waals surface area contributed by atoms with E-state index in [1.54, 1.807) is 0 Å². The van der Waals surface area contributed by atoms with Crippen LogP contribution in [0.4, 0.5) is 0 Å². The van der Waals surface area contributed by atoms with Crippen LogP contribution in [0.2, 0.25) is 0 Å². The number of nitrogens with zero attached hydrogens (tertiary/aromatic N) is 1. The highest BCUT2D eigenvalue weighted by Gasteiger charge is 2.41. The summed E-state index contributed by atoms with van der Waals surface area (Å²) in [7, 11) is 0. The molecule has 2 nitrogen and oxygen atoms in total. The third kappa shape index (κ3) is 2.06. The lowest BCUT2D eigenvalue weighted by molar-refractivity contribution is -0.132. The maximum Gasteiger partial charge on any atom is 0.226 e. The van der Waals surface area contributed by atoms with E-state index in [9.17, 15) is 4.79 Å². The minimum absolute atomic E-state index is 0.351. The van der Waals surface area contributed by atoms with Gasteiger partial charge in [-0.2, -0.15) is 0 Å². The van der Waals surface area contributed by atoms with Crippen LogP contribution >= 0.6 is 22.6 Å². The molecule has 0 radical (unpaired) electrons. The second-order valence-corrected chi connectivity index (χ2v) is 5.39. The zero-order chi connectivity index (χ0) is 9.42. The summed E-state index contributed by atoms with van der Waals surface area (Å²) in [6.07, 6.45) is 4.32. The number of rotatable bonds is 1. The van der Waals surface area contributed by atoms with Crippen molar-refractivity contribution in [1.82, 2.24) is 4.90 Å². The van der Waals surface area contributed by atoms with Gasteiger partial charge in [-0.15, -0.1) is 0 Å². The van der Waals surface area contributed by atoms with Crippen molar-refractivity contribution in [2.24, 2.45) is 11.8 Å². The standard InChI is InChI=1S/C10H14INO/c1-7-6-9(7)10(13)12-4-2-8(11)3-5-12/h2,7,9H,3-6H2,1H3. The first-order valence-electron chi connectivity index (χ1n) is 4.82. The van der Waals surface area contributed by atoms with Crippen molar-refractivity contribution in [3.63, 3.8) is 0 Å². The number of hydrogen-bond donors (Lipinski definition) is 0. The molecular formula is C10H14INO. The quantitative estimate of drug-likeness (QED) is 0.678. The minimum Gasteiger partial charge on any atom is -0.338 e. The molecule has 0 aromatic heterocycles. The van der Waals surface area contributed by atoms with Crippen LogP contribution in [0.25, 0.3) is 0 Å². The van der Waals surface area contributed by atoms with Gasteiger partial charge in [0.2, 0.25) is 5.91 Å². The first-order chi connectivity index (χ1) is 6.18. The number of carbonyl (C=O) groups is 1. The van der Waals surface area contributed by atoms with Gasteiger partial charge in [0.25, 0.3) is 0 Å². The second-order valence-electron chi connectivity index (χ2n) is 4.00. The van der Waals surface area contributed by atoms with Crippen LogP contribution in [0, 0.1) is 11.8 Å². The maximum atomic E-state index is 11.8. The molecule has 13 heavy (non-hydrogen) atoms. The van der Waals surface area contributed by atoms with Gasteiger partial charge >= 0.3 is 0 Å². The van der Waals surface area contributed by atoms with Crippen molar-refractivity contribution in [1.29, 1.82) is 0 Å². The molecule has 1 aliphatic carbocycles. The van der Waals surface area contributed by atoms with Gasteiger partial charge in [-0.05, 0) is 44.9 Å². The SMILES string of the molecule is CC1CC1C(=O)N1CC=C(I)CC1. The summed E-state index contributed by atoms with van der Waals surface area (Å²) in [4.78, 5) is 13.8. The molecule has 0 aromatic rings. The van der Waals surface area contributed by atoms with Crippen molar-refractivity contribution in [2.45, 2.75) is 19.8 Å². The summed E-state index contributed by atoms with van der Waals surface area (Å²) in [5.74, 6) is 1.37. The van der Waals surface area contributed by atoms with Crippen molar-refractivity contribution in [3.05, 3.63) is 9.66 Å². The van der Waals surface area contributed by atoms with Gasteiger partial charge < -0.3 is 4.90 Å². The highest BCUT2D eigenvalue weighted by Crippen LogP contribution is 2.39. The summed E-state index contributed by atoms with van der Waals surface area (Å²) in [5, 5.41) is 0. The molecule has 0 spiro atoms. The Kier molecular flexibility index (Phi) is 2.62. The molecule has 1 saturated carbocycles. The summed E-state index contributed by atoms with van der Waals surface area (Å²) >= 11 is 2.35. The van der Waals surface area contributed by atoms with Crippen molar-refractivity contribution < 1.29 is 4.79 Å². The van der Waals surface area contributed by atoms with E-state index in [1.165, 1.54) is 3.58 Å². The summed E-state index contributed by atoms with van der Waals surface area (Å²) in [6, 6.07) is 0. The molecule has 1 amide bonds. The van der Waals surface area contributed by atoms with Gasteiger partial charge in [-0.3, -0.25) is 4.79 Å². The average molecular weight is 291 g/mol. The van der Waals surface area contributed by atoms with Crippen molar-refractivity contribution >= 4 is 28.5 Å². The maximum absolute atomic E-state index is 11.8. The van der Waals surface area contributed by atoms with E-state index in [4.69, 9.17) is 0 Å². The van der Waals surface area contributed by atoms with Crippen LogP contribution in [0.1, 0.15) is 19.8 Å². The molecule has 72 valence electrons. The van der Waals surface area contributed by atoms with Crippen LogP contribution in [0.15, 0.2) is 9.66 Å². The van der Waals surface area contributed by atoms with Crippen LogP contribution < -0.4 is 0 Å². The molecule has 3 heteroatoms. The fourth-order valence-corrected chi connectivity index (χ4v) is 2.18. The third-order valence-corrected chi connectivity index (χ3v) is 3.87. The molecular weight excluding hydrogens is 277 g/mol. The fourth-order valence-electron chi connectivity index (χ4n) is 1.75. The third-order valence-electron chi connectivity index (χ3n) is 2.89. The molecule has 0 N–H and O–H groups in total. The lowest BCUT2D eigenvalue weighted by Gasteiger charge is -2.25. The van der Waals surface area contributed by atoms with Gasteiger partial charge in [0.1, 0.15) is 0 Å². The van der Waals surface area contributed by atoms with E-state index in [0.717, 1.165) is 25.9 Å². The van der Waals surface area contributed by atoms with Crippen molar-refractivity contribution in [2.75, 3.05) is 13.1 Å². The second kappa shape index (κ2) is 3.59. The van der Waals surface area contributed by atoms with Gasteiger partial charge in [0, 0.05) is 19.0 Å². The van der Waals surface area contributed by atoms with Gasteiger partial charge in [-0.25, -0.2) is 0 Å². The van der Waals surface area contributed by atoms with E-state index < -0.39 is 0 Å². The molecule has 2 aliphatic rings. The largest absolute Gasteiger partial charge is 0.338 e. The molecule has 0 bridgehead atoms. The Bertz CT molecular complexity index is 262. The van der Waals surface area contributed by atoms with E-state index >= 15 is 0 Å². The average Bonchev–Trinajstić information content (AvgIpc) is 2.83. The monoisotopic (exact) mass is 291 g/mol. The molecule has 1 heterocycles. The zero-order valence-electron chi connectivity index (χ0n) is 7.79. The lowest BCUT2D eigenvalue weighted by atomic mass is 10.2. The van der Waals surface area contributed by atoms with Gasteiger partial charge in [0.05, 0.1) is 0 Å². The number of carbonyl (C=O) groups excluding carboxylic acids is 1. The smallest absolute Gasteiger partial charge is 0.226 e. The highest BCUT2D eigenvalue weighted by atomic mass is 127. The van der Waals surface area contributed by atoms with Crippen LogP contribution in [-0.4, -0.2) is 23.9 Å². The molecule has 1 aliphatic heterocycles. The summed E-state index contributed by atoms with van der Waals surface area (Å²) in [6.45, 7) is 3.92. The Hall–Kier alpha value is -0.0600. The number of hydrogen-bond acceptors (Lipinski definition) is 1. The van der Waals surface area contributed by atoms with E-state index in [0.29, 0.717) is 17.7 Å². The summed E-state index contributed by atoms with van der Waals surface area (Å²) in [5.41, 5.74) is 0. The first-order valence-corrected chi connectivity index (χ1v) is 5.89. The Morgan fingerprint density at radius 1 is 1.69 bits per heavy atom. The summed E-state index contributed by atoms with van der Waals surface area (Å²) < 4.78 is 1.39. The topological polar surface area (TPSA) is 20.3 Å². The molecule has 2 rings (SSSR count). The van der Waals surface area contributed by atoms with E-state index in [-0.39, 0.29) is 0 Å². The Morgan fingerprint density at radius 3 is 2.85 bits per heavy atom. The molecule has 0 aromatic carbocycles. The predicted octanol–water partition coefficient (Wildman–Crippen LogP) is 2.19. The lowest BCUT2D eigenvalue weighted by Crippen LogP contribution is -2.35. The van der Waals surface area contributed by atoms with E-state index in [1.807, 2.05) is 4.90 Å². The highest BCUT2D eigenvalue weighted by molar-refractivity contribution is 14.1. The number of halogens is 1.